The van der Waals surface area contributed by atoms with Crippen molar-refractivity contribution in [1.29, 1.82) is 0 Å². The maximum Gasteiger partial charge on any atom is 0.472 e. The summed E-state index contributed by atoms with van der Waals surface area (Å²) >= 11 is 0. The number of rotatable bonds is 71. The summed E-state index contributed by atoms with van der Waals surface area (Å²) in [7, 11) is -9.96. The summed E-state index contributed by atoms with van der Waals surface area (Å²) in [6.45, 7) is 4.59. The Labute approximate surface area is 594 Å². The lowest BCUT2D eigenvalue weighted by molar-refractivity contribution is -0.161. The fourth-order valence-electron chi connectivity index (χ4n) is 9.90. The Morgan fingerprint density at radius 1 is 0.296 bits per heavy atom. The van der Waals surface area contributed by atoms with Gasteiger partial charge < -0.3 is 33.8 Å². The molecule has 0 aromatic heterocycles. The van der Waals surface area contributed by atoms with Crippen LogP contribution in [0.25, 0.3) is 0 Å². The van der Waals surface area contributed by atoms with Crippen LogP contribution in [0.5, 0.6) is 0 Å². The highest BCUT2D eigenvalue weighted by Crippen LogP contribution is 2.45. The number of hydrogen-bond donors (Lipinski definition) is 3. The van der Waals surface area contributed by atoms with E-state index in [1.54, 1.807) is 0 Å². The number of carbonyl (C=O) groups excluding carboxylic acids is 4. The molecule has 98 heavy (non-hydrogen) atoms. The van der Waals surface area contributed by atoms with Gasteiger partial charge in [0.25, 0.3) is 0 Å². The van der Waals surface area contributed by atoms with Gasteiger partial charge in [0.1, 0.15) is 19.3 Å². The van der Waals surface area contributed by atoms with E-state index in [0.717, 1.165) is 167 Å². The smallest absolute Gasteiger partial charge is 0.462 e. The highest BCUT2D eigenvalue weighted by Gasteiger charge is 2.30. The van der Waals surface area contributed by atoms with Crippen molar-refractivity contribution in [3.05, 3.63) is 109 Å². The largest absolute Gasteiger partial charge is 0.472 e. The maximum atomic E-state index is 13.1. The van der Waals surface area contributed by atoms with Gasteiger partial charge in [0, 0.05) is 25.7 Å². The fourth-order valence-corrected chi connectivity index (χ4v) is 11.5. The van der Waals surface area contributed by atoms with Crippen LogP contribution >= 0.6 is 15.6 Å². The molecule has 0 radical (unpaired) electrons. The molecule has 0 saturated carbocycles. The zero-order valence-corrected chi connectivity index (χ0v) is 63.2. The number of phosphoric acid groups is 2. The van der Waals surface area contributed by atoms with E-state index < -0.39 is 97.5 Å². The molecule has 0 amide bonds. The first-order valence-corrected chi connectivity index (χ1v) is 41.1. The van der Waals surface area contributed by atoms with Gasteiger partial charge in [-0.1, -0.05) is 265 Å². The molecule has 0 aliphatic rings. The Bertz CT molecular complexity index is 2290. The number of aliphatic hydroxyl groups is 1. The molecule has 3 N–H and O–H groups in total. The van der Waals surface area contributed by atoms with E-state index in [1.165, 1.54) is 57.8 Å². The van der Waals surface area contributed by atoms with Gasteiger partial charge in [-0.25, -0.2) is 9.13 Å². The third-order valence-corrected chi connectivity index (χ3v) is 17.6. The van der Waals surface area contributed by atoms with Crippen LogP contribution in [0.4, 0.5) is 0 Å². The summed E-state index contributed by atoms with van der Waals surface area (Å²) < 4.78 is 68.4. The number of ether oxygens (including phenoxy) is 4. The summed E-state index contributed by atoms with van der Waals surface area (Å²) in [5.74, 6) is -2.24. The van der Waals surface area contributed by atoms with Gasteiger partial charge in [-0.3, -0.25) is 37.3 Å². The SMILES string of the molecule is CC/C=C\C/C=C\C/C=C\C/C=C\CCCCC(=O)OC(COC(=O)CCCCCCCC/C=C\C/C=C\C/C=C\CCCCC)COP(=O)(O)OCC(O)COP(=O)(O)OCC(COC(=O)CCCCCCC/C=C\C/C=C\CCC)OC(=O)CCCCCCCCCCCCC. The van der Waals surface area contributed by atoms with Gasteiger partial charge in [-0.2, -0.15) is 0 Å². The molecule has 0 bridgehead atoms. The third-order valence-electron chi connectivity index (χ3n) is 15.7. The molecule has 5 atom stereocenters. The topological polar surface area (TPSA) is 237 Å². The molecule has 0 rings (SSSR count). The fraction of sp³-hybridized carbons (Fsp3) is 0.722. The lowest BCUT2D eigenvalue weighted by Crippen LogP contribution is -2.30. The van der Waals surface area contributed by atoms with E-state index in [9.17, 15) is 43.2 Å². The summed E-state index contributed by atoms with van der Waals surface area (Å²) in [6, 6.07) is 0. The molecule has 0 aliphatic carbocycles. The number of allylic oxidation sites excluding steroid dienone is 18. The van der Waals surface area contributed by atoms with Crippen LogP contribution in [0.3, 0.4) is 0 Å². The van der Waals surface area contributed by atoms with Gasteiger partial charge in [0.2, 0.25) is 0 Å². The van der Waals surface area contributed by atoms with Gasteiger partial charge >= 0.3 is 39.5 Å². The van der Waals surface area contributed by atoms with E-state index in [2.05, 4.69) is 137 Å². The minimum Gasteiger partial charge on any atom is -0.462 e. The second kappa shape index (κ2) is 71.1. The average molecular weight is 1420 g/mol. The van der Waals surface area contributed by atoms with Crippen LogP contribution in [-0.2, 0) is 65.4 Å². The van der Waals surface area contributed by atoms with Crippen molar-refractivity contribution in [3.63, 3.8) is 0 Å². The van der Waals surface area contributed by atoms with E-state index >= 15 is 0 Å². The van der Waals surface area contributed by atoms with Crippen LogP contribution < -0.4 is 0 Å². The molecule has 564 valence electrons. The Morgan fingerprint density at radius 2 is 0.551 bits per heavy atom. The summed E-state index contributed by atoms with van der Waals surface area (Å²) in [6.07, 6.45) is 75.2. The quantitative estimate of drug-likeness (QED) is 0.0169. The predicted octanol–water partition coefficient (Wildman–Crippen LogP) is 21.8. The number of unbranched alkanes of at least 4 members (excludes halogenated alkanes) is 27. The van der Waals surface area contributed by atoms with Crippen LogP contribution in [0.15, 0.2) is 109 Å². The number of phosphoric ester groups is 2. The highest BCUT2D eigenvalue weighted by molar-refractivity contribution is 7.47. The first-order valence-electron chi connectivity index (χ1n) is 38.1. The van der Waals surface area contributed by atoms with Crippen molar-refractivity contribution in [1.82, 2.24) is 0 Å². The van der Waals surface area contributed by atoms with Crippen molar-refractivity contribution in [2.75, 3.05) is 39.6 Å². The van der Waals surface area contributed by atoms with Gasteiger partial charge in [-0.05, 0) is 128 Å². The first kappa shape index (κ1) is 93.7. The molecule has 5 unspecified atom stereocenters. The van der Waals surface area contributed by atoms with Crippen molar-refractivity contribution in [2.45, 2.75) is 329 Å². The van der Waals surface area contributed by atoms with Gasteiger partial charge in [0.15, 0.2) is 12.2 Å². The van der Waals surface area contributed by atoms with Crippen molar-refractivity contribution >= 4 is 39.5 Å². The lowest BCUT2D eigenvalue weighted by atomic mass is 10.1. The zero-order chi connectivity index (χ0) is 71.8. The Kier molecular flexibility index (Phi) is 68.0. The average Bonchev–Trinajstić information content (AvgIpc) is 1.06. The Balaban J connectivity index is 5.37. The van der Waals surface area contributed by atoms with Crippen molar-refractivity contribution in [2.24, 2.45) is 0 Å². The van der Waals surface area contributed by atoms with E-state index in [-0.39, 0.29) is 25.7 Å². The van der Waals surface area contributed by atoms with Crippen molar-refractivity contribution < 1.29 is 80.2 Å². The predicted molar refractivity (Wildman–Crippen MR) is 399 cm³/mol. The second-order valence-electron chi connectivity index (χ2n) is 25.2. The maximum absolute atomic E-state index is 13.1. The lowest BCUT2D eigenvalue weighted by Gasteiger charge is -2.21. The zero-order valence-electron chi connectivity index (χ0n) is 61.4. The molecule has 0 aromatic carbocycles. The minimum atomic E-state index is -4.99. The number of esters is 4. The molecule has 17 nitrogen and oxygen atoms in total. The molecule has 0 aromatic rings. The van der Waals surface area contributed by atoms with Crippen LogP contribution in [0, 0.1) is 0 Å². The Hall–Kier alpha value is -4.28. The third kappa shape index (κ3) is 70.2. The summed E-state index contributed by atoms with van der Waals surface area (Å²) in [4.78, 5) is 72.8. The standard InChI is InChI=1S/C79H136O17P2/c1-5-9-13-17-21-25-29-32-34-35-36-37-39-41-45-48-52-56-60-64-77(82)90-70-75(96-79(84)66-62-58-54-50-46-42-38-33-30-26-22-18-14-10-6-2)72-94-98(87,88)92-68-73(80)67-91-97(85,86)93-71-74(95-78(83)65-61-57-53-49-43-28-24-20-16-12-8-4)69-89-76(81)63-59-55-51-47-44-40-31-27-23-19-15-11-7-3/h10,14-15,19,21-22,25-27,31-34,36-38,46,50,73-75,80H,5-9,11-13,16-18,20,23-24,28-30,35,39-45,47-49,51-72H2,1-4H3,(H,85,86)(H,87,88)/b14-10-,19-15-,25-21-,26-22-,31-27-,34-32-,37-36-,38-33-,50-46-. The van der Waals surface area contributed by atoms with Crippen LogP contribution in [0.2, 0.25) is 0 Å². The molecule has 0 aliphatic heterocycles. The number of hydrogen-bond acceptors (Lipinski definition) is 15. The number of aliphatic hydroxyl groups excluding tert-OH is 1. The molecule has 0 spiro atoms. The monoisotopic (exact) mass is 1420 g/mol. The van der Waals surface area contributed by atoms with Crippen LogP contribution in [-0.4, -0.2) is 96.7 Å². The van der Waals surface area contributed by atoms with Crippen molar-refractivity contribution in [3.8, 4) is 0 Å². The Morgan fingerprint density at radius 3 is 0.898 bits per heavy atom. The molecule has 0 saturated heterocycles. The van der Waals surface area contributed by atoms with Crippen LogP contribution in [0.1, 0.15) is 310 Å². The summed E-state index contributed by atoms with van der Waals surface area (Å²) in [5.41, 5.74) is 0. The highest BCUT2D eigenvalue weighted by atomic mass is 31.2. The van der Waals surface area contributed by atoms with Gasteiger partial charge in [-0.15, -0.1) is 0 Å². The minimum absolute atomic E-state index is 0.0384. The summed E-state index contributed by atoms with van der Waals surface area (Å²) in [5, 5.41) is 10.6. The molecular weight excluding hydrogens is 1280 g/mol. The second-order valence-corrected chi connectivity index (χ2v) is 28.1. The van der Waals surface area contributed by atoms with E-state index in [4.69, 9.17) is 37.0 Å². The molecule has 0 fully saturated rings. The molecule has 0 heterocycles. The normalized spacial score (nSPS) is 14.6. The first-order chi connectivity index (χ1) is 47.7. The number of carbonyl (C=O) groups is 4. The molecular formula is C79H136O17P2. The van der Waals surface area contributed by atoms with E-state index in [0.29, 0.717) is 32.1 Å². The molecule has 19 heteroatoms. The van der Waals surface area contributed by atoms with E-state index in [1.807, 2.05) is 0 Å². The van der Waals surface area contributed by atoms with Gasteiger partial charge in [0.05, 0.1) is 26.4 Å².